The molecule has 0 saturated carbocycles. The van der Waals surface area contributed by atoms with E-state index in [1.165, 1.54) is 4.90 Å². The van der Waals surface area contributed by atoms with Crippen molar-refractivity contribution in [1.29, 1.82) is 0 Å². The van der Waals surface area contributed by atoms with Crippen molar-refractivity contribution in [3.63, 3.8) is 0 Å². The number of nitrogens with zero attached hydrogens (tertiary/aromatic N) is 3. The predicted octanol–water partition coefficient (Wildman–Crippen LogP) is 2.05. The first kappa shape index (κ1) is 18.3. The SMILES string of the molecule is Cl.Cn1ccnc1C1CNCCN1C(=O)c1ccc(F)c(F)c1F. The van der Waals surface area contributed by atoms with Gasteiger partial charge in [0.05, 0.1) is 5.56 Å². The fraction of sp³-hybridized carbons (Fsp3) is 0.333. The van der Waals surface area contributed by atoms with E-state index in [1.807, 2.05) is 0 Å². The Labute approximate surface area is 142 Å². The lowest BCUT2D eigenvalue weighted by Gasteiger charge is -2.35. The van der Waals surface area contributed by atoms with Crippen molar-refractivity contribution in [3.05, 3.63) is 53.4 Å². The molecule has 1 aliphatic heterocycles. The molecule has 2 heterocycles. The van der Waals surface area contributed by atoms with Crippen LogP contribution < -0.4 is 5.32 Å². The number of amides is 1. The summed E-state index contributed by atoms with van der Waals surface area (Å²) in [6.45, 7) is 1.29. The van der Waals surface area contributed by atoms with E-state index in [0.717, 1.165) is 12.1 Å². The number of hydrogen-bond acceptors (Lipinski definition) is 3. The quantitative estimate of drug-likeness (QED) is 0.834. The lowest BCUT2D eigenvalue weighted by atomic mass is 10.1. The third kappa shape index (κ3) is 3.11. The number of benzene rings is 1. The van der Waals surface area contributed by atoms with Crippen LogP contribution in [0.3, 0.4) is 0 Å². The van der Waals surface area contributed by atoms with Crippen molar-refractivity contribution in [1.82, 2.24) is 19.8 Å². The van der Waals surface area contributed by atoms with Crippen molar-refractivity contribution in [2.45, 2.75) is 6.04 Å². The topological polar surface area (TPSA) is 50.2 Å². The van der Waals surface area contributed by atoms with Gasteiger partial charge in [-0.3, -0.25) is 4.79 Å². The fourth-order valence-corrected chi connectivity index (χ4v) is 2.72. The Bertz CT molecular complexity index is 752. The summed E-state index contributed by atoms with van der Waals surface area (Å²) in [4.78, 5) is 18.3. The van der Waals surface area contributed by atoms with Gasteiger partial charge in [0.25, 0.3) is 5.91 Å². The molecular weight excluding hydrogens is 345 g/mol. The van der Waals surface area contributed by atoms with Gasteiger partial charge >= 0.3 is 0 Å². The van der Waals surface area contributed by atoms with E-state index in [2.05, 4.69) is 10.3 Å². The van der Waals surface area contributed by atoms with E-state index < -0.39 is 35.0 Å². The summed E-state index contributed by atoms with van der Waals surface area (Å²) in [7, 11) is 1.79. The minimum atomic E-state index is -1.64. The summed E-state index contributed by atoms with van der Waals surface area (Å²) in [6, 6.07) is 1.31. The Morgan fingerprint density at radius 1 is 1.29 bits per heavy atom. The number of imidazole rings is 1. The molecule has 9 heteroatoms. The molecule has 1 unspecified atom stereocenters. The van der Waals surface area contributed by atoms with Crippen LogP contribution in [0, 0.1) is 17.5 Å². The number of aromatic nitrogens is 2. The molecule has 1 aliphatic rings. The molecule has 1 aromatic carbocycles. The predicted molar refractivity (Wildman–Crippen MR) is 83.4 cm³/mol. The highest BCUT2D eigenvalue weighted by Crippen LogP contribution is 2.24. The highest BCUT2D eigenvalue weighted by atomic mass is 35.5. The molecular formula is C15H16ClF3N4O. The smallest absolute Gasteiger partial charge is 0.257 e. The van der Waals surface area contributed by atoms with Crippen molar-refractivity contribution in [3.8, 4) is 0 Å². The summed E-state index contributed by atoms with van der Waals surface area (Å²) >= 11 is 0. The van der Waals surface area contributed by atoms with Gasteiger partial charge in [0.1, 0.15) is 11.9 Å². The number of hydrogen-bond donors (Lipinski definition) is 1. The third-order valence-corrected chi connectivity index (χ3v) is 3.93. The van der Waals surface area contributed by atoms with Gasteiger partial charge in [-0.1, -0.05) is 0 Å². The Balaban J connectivity index is 0.00000208. The largest absolute Gasteiger partial charge is 0.336 e. The fourth-order valence-electron chi connectivity index (χ4n) is 2.72. The Morgan fingerprint density at radius 3 is 2.71 bits per heavy atom. The number of piperazine rings is 1. The number of carbonyl (C=O) groups excluding carboxylic acids is 1. The van der Waals surface area contributed by atoms with Crippen molar-refractivity contribution in [2.24, 2.45) is 7.05 Å². The van der Waals surface area contributed by atoms with Crippen LogP contribution in [0.25, 0.3) is 0 Å². The number of rotatable bonds is 2. The van der Waals surface area contributed by atoms with Gasteiger partial charge in [-0.15, -0.1) is 12.4 Å². The van der Waals surface area contributed by atoms with Crippen molar-refractivity contribution in [2.75, 3.05) is 19.6 Å². The lowest BCUT2D eigenvalue weighted by molar-refractivity contribution is 0.0614. The maximum Gasteiger partial charge on any atom is 0.257 e. The van der Waals surface area contributed by atoms with Gasteiger partial charge in [0.2, 0.25) is 0 Å². The summed E-state index contributed by atoms with van der Waals surface area (Å²) in [5.41, 5.74) is -0.481. The van der Waals surface area contributed by atoms with Gasteiger partial charge in [-0.2, -0.15) is 0 Å². The van der Waals surface area contributed by atoms with Crippen LogP contribution in [-0.2, 0) is 7.05 Å². The molecule has 2 aromatic rings. The molecule has 1 amide bonds. The van der Waals surface area contributed by atoms with Gasteiger partial charge < -0.3 is 14.8 Å². The van der Waals surface area contributed by atoms with E-state index in [-0.39, 0.29) is 12.4 Å². The van der Waals surface area contributed by atoms with Crippen molar-refractivity contribution < 1.29 is 18.0 Å². The molecule has 1 saturated heterocycles. The molecule has 1 aromatic heterocycles. The second kappa shape index (κ2) is 7.23. The summed E-state index contributed by atoms with van der Waals surface area (Å²) in [6.07, 6.45) is 3.34. The highest BCUT2D eigenvalue weighted by molar-refractivity contribution is 5.94. The molecule has 5 nitrogen and oxygen atoms in total. The molecule has 0 spiro atoms. The van der Waals surface area contributed by atoms with Gasteiger partial charge in [0, 0.05) is 39.1 Å². The summed E-state index contributed by atoms with van der Waals surface area (Å²) in [5.74, 6) is -4.48. The van der Waals surface area contributed by atoms with Crippen LogP contribution in [0.4, 0.5) is 13.2 Å². The van der Waals surface area contributed by atoms with E-state index in [1.54, 1.807) is 24.0 Å². The second-order valence-electron chi connectivity index (χ2n) is 5.34. The van der Waals surface area contributed by atoms with Crippen molar-refractivity contribution >= 4 is 18.3 Å². The van der Waals surface area contributed by atoms with E-state index in [4.69, 9.17) is 0 Å². The Hall–Kier alpha value is -2.06. The van der Waals surface area contributed by atoms with Crippen LogP contribution in [-0.4, -0.2) is 40.0 Å². The highest BCUT2D eigenvalue weighted by Gasteiger charge is 2.33. The summed E-state index contributed by atoms with van der Waals surface area (Å²) < 4.78 is 42.1. The zero-order chi connectivity index (χ0) is 16.6. The van der Waals surface area contributed by atoms with Crippen LogP contribution in [0.2, 0.25) is 0 Å². The van der Waals surface area contributed by atoms with Crippen LogP contribution >= 0.6 is 12.4 Å². The minimum Gasteiger partial charge on any atom is -0.336 e. The normalized spacial score (nSPS) is 17.5. The standard InChI is InChI=1S/C15H15F3N4O.ClH/c1-21-6-5-20-14(21)11-8-19-4-7-22(11)15(23)9-2-3-10(16)13(18)12(9)17;/h2-3,5-6,11,19H,4,7-8H2,1H3;1H. The van der Waals surface area contributed by atoms with Gasteiger partial charge in [-0.05, 0) is 12.1 Å². The molecule has 1 atom stereocenters. The first-order chi connectivity index (χ1) is 11.0. The van der Waals surface area contributed by atoms with E-state index >= 15 is 0 Å². The maximum absolute atomic E-state index is 13.9. The van der Waals surface area contributed by atoms with Gasteiger partial charge in [-0.25, -0.2) is 18.2 Å². The number of nitrogens with one attached hydrogen (secondary N) is 1. The maximum atomic E-state index is 13.9. The average molecular weight is 361 g/mol. The first-order valence-electron chi connectivity index (χ1n) is 7.13. The van der Waals surface area contributed by atoms with Crippen LogP contribution in [0.5, 0.6) is 0 Å². The third-order valence-electron chi connectivity index (χ3n) is 3.93. The lowest BCUT2D eigenvalue weighted by Crippen LogP contribution is -2.49. The summed E-state index contributed by atoms with van der Waals surface area (Å²) in [5, 5.41) is 3.15. The monoisotopic (exact) mass is 360 g/mol. The molecule has 0 bridgehead atoms. The molecule has 1 N–H and O–H groups in total. The number of carbonyl (C=O) groups is 1. The van der Waals surface area contributed by atoms with Gasteiger partial charge in [0.15, 0.2) is 17.5 Å². The Morgan fingerprint density at radius 2 is 2.04 bits per heavy atom. The molecule has 130 valence electrons. The minimum absolute atomic E-state index is 0. The van der Waals surface area contributed by atoms with Crippen LogP contribution in [0.15, 0.2) is 24.5 Å². The second-order valence-corrected chi connectivity index (χ2v) is 5.34. The van der Waals surface area contributed by atoms with E-state index in [0.29, 0.717) is 25.5 Å². The van der Waals surface area contributed by atoms with Crippen LogP contribution in [0.1, 0.15) is 22.2 Å². The zero-order valence-corrected chi connectivity index (χ0v) is 13.6. The number of aryl methyl sites for hydroxylation is 1. The average Bonchev–Trinajstić information content (AvgIpc) is 2.98. The molecule has 3 rings (SSSR count). The number of halogens is 4. The molecule has 1 fully saturated rings. The molecule has 0 radical (unpaired) electrons. The molecule has 24 heavy (non-hydrogen) atoms. The Kier molecular flexibility index (Phi) is 5.51. The van der Waals surface area contributed by atoms with E-state index in [9.17, 15) is 18.0 Å². The zero-order valence-electron chi connectivity index (χ0n) is 12.8. The first-order valence-corrected chi connectivity index (χ1v) is 7.13. The molecule has 0 aliphatic carbocycles.